The fourth-order valence-electron chi connectivity index (χ4n) is 2.79. The average molecular weight is 412 g/mol. The highest BCUT2D eigenvalue weighted by Crippen LogP contribution is 2.21. The summed E-state index contributed by atoms with van der Waals surface area (Å²) in [7, 11) is -3.49. The van der Waals surface area contributed by atoms with Crippen LogP contribution in [0.1, 0.15) is 23.9 Å². The van der Waals surface area contributed by atoms with E-state index in [0.29, 0.717) is 17.3 Å². The van der Waals surface area contributed by atoms with Crippen LogP contribution in [0.5, 0.6) is 0 Å². The Morgan fingerprint density at radius 3 is 2.14 bits per heavy atom. The van der Waals surface area contributed by atoms with Gasteiger partial charge < -0.3 is 10.6 Å². The van der Waals surface area contributed by atoms with E-state index in [0.717, 1.165) is 29.2 Å². The Hall–Kier alpha value is -3.13. The first-order valence-corrected chi connectivity index (χ1v) is 11.0. The molecule has 2 aromatic carbocycles. The van der Waals surface area contributed by atoms with Crippen molar-refractivity contribution in [3.8, 4) is 0 Å². The summed E-state index contributed by atoms with van der Waals surface area (Å²) in [5, 5.41) is 6.37. The van der Waals surface area contributed by atoms with Crippen molar-refractivity contribution in [1.82, 2.24) is 9.97 Å². The minimum absolute atomic E-state index is 0.0688. The van der Waals surface area contributed by atoms with Crippen LogP contribution in [-0.4, -0.2) is 24.9 Å². The minimum Gasteiger partial charge on any atom is -0.370 e. The van der Waals surface area contributed by atoms with E-state index in [4.69, 9.17) is 0 Å². The molecule has 0 aliphatic rings. The Labute approximate surface area is 171 Å². The van der Waals surface area contributed by atoms with Crippen LogP contribution in [0.25, 0.3) is 0 Å². The second-order valence-electron chi connectivity index (χ2n) is 6.77. The zero-order valence-corrected chi connectivity index (χ0v) is 17.5. The van der Waals surface area contributed by atoms with Crippen molar-refractivity contribution in [3.63, 3.8) is 0 Å². The molecule has 7 nitrogen and oxygen atoms in total. The molecule has 152 valence electrons. The Morgan fingerprint density at radius 2 is 1.48 bits per heavy atom. The summed E-state index contributed by atoms with van der Waals surface area (Å²) >= 11 is 0. The number of benzene rings is 2. The highest BCUT2D eigenvalue weighted by molar-refractivity contribution is 7.91. The molecule has 1 heterocycles. The third-order valence-corrected chi connectivity index (χ3v) is 5.36. The van der Waals surface area contributed by atoms with Gasteiger partial charge >= 0.3 is 0 Å². The number of nitrogens with zero attached hydrogens (tertiary/aromatic N) is 2. The van der Waals surface area contributed by atoms with Crippen LogP contribution in [0.3, 0.4) is 0 Å². The summed E-state index contributed by atoms with van der Waals surface area (Å²) in [5.41, 5.74) is 3.15. The Kier molecular flexibility index (Phi) is 6.33. The van der Waals surface area contributed by atoms with E-state index in [9.17, 15) is 8.42 Å². The predicted molar refractivity (Wildman–Crippen MR) is 118 cm³/mol. The summed E-state index contributed by atoms with van der Waals surface area (Å²) in [5.74, 6) is 2.01. The molecule has 3 N–H and O–H groups in total. The lowest BCUT2D eigenvalue weighted by Crippen LogP contribution is -2.15. The number of aryl methyl sites for hydroxylation is 2. The second-order valence-corrected chi connectivity index (χ2v) is 8.49. The van der Waals surface area contributed by atoms with Crippen LogP contribution < -0.4 is 15.4 Å². The molecule has 1 aromatic heterocycles. The second kappa shape index (κ2) is 8.91. The molecule has 0 aliphatic heterocycles. The van der Waals surface area contributed by atoms with Crippen molar-refractivity contribution in [2.45, 2.75) is 26.5 Å². The van der Waals surface area contributed by atoms with Crippen molar-refractivity contribution in [2.75, 3.05) is 21.9 Å². The van der Waals surface area contributed by atoms with E-state index in [1.54, 1.807) is 24.3 Å². The molecule has 0 amide bonds. The summed E-state index contributed by atoms with van der Waals surface area (Å²) in [4.78, 5) is 8.69. The van der Waals surface area contributed by atoms with Gasteiger partial charge in [0.2, 0.25) is 10.0 Å². The highest BCUT2D eigenvalue weighted by Gasteiger charge is 2.12. The molecular formula is C21H25N5O2S. The van der Waals surface area contributed by atoms with E-state index in [1.165, 1.54) is 0 Å². The highest BCUT2D eigenvalue weighted by atomic mass is 32.2. The number of hydrogen-bond donors (Lipinski definition) is 3. The van der Waals surface area contributed by atoms with Crippen LogP contribution in [0.4, 0.5) is 23.0 Å². The molecule has 3 rings (SSSR count). The summed E-state index contributed by atoms with van der Waals surface area (Å²) < 4.78 is 27.4. The summed E-state index contributed by atoms with van der Waals surface area (Å²) in [6.07, 6.45) is 0. The van der Waals surface area contributed by atoms with E-state index in [2.05, 4.69) is 25.3 Å². The van der Waals surface area contributed by atoms with E-state index in [1.807, 2.05) is 51.1 Å². The van der Waals surface area contributed by atoms with Crippen LogP contribution in [0.15, 0.2) is 54.6 Å². The Balaban J connectivity index is 1.66. The van der Waals surface area contributed by atoms with Crippen LogP contribution >= 0.6 is 0 Å². The van der Waals surface area contributed by atoms with Crippen LogP contribution in [-0.2, 0) is 15.8 Å². The van der Waals surface area contributed by atoms with Crippen molar-refractivity contribution in [2.24, 2.45) is 0 Å². The normalized spacial score (nSPS) is 11.1. The molecule has 0 unspecified atom stereocenters. The molecule has 0 saturated heterocycles. The van der Waals surface area contributed by atoms with Crippen molar-refractivity contribution in [1.29, 1.82) is 0 Å². The molecule has 3 aromatic rings. The molecule has 29 heavy (non-hydrogen) atoms. The molecule has 0 spiro atoms. The van der Waals surface area contributed by atoms with Crippen LogP contribution in [0, 0.1) is 13.8 Å². The van der Waals surface area contributed by atoms with Gasteiger partial charge in [0.05, 0.1) is 5.75 Å². The van der Waals surface area contributed by atoms with Gasteiger partial charge in [-0.2, -0.15) is 0 Å². The number of sulfonamides is 1. The quantitative estimate of drug-likeness (QED) is 0.514. The molecular weight excluding hydrogens is 386 g/mol. The molecule has 0 bridgehead atoms. The number of nitrogens with one attached hydrogen (secondary N) is 3. The van der Waals surface area contributed by atoms with Crippen LogP contribution in [0.2, 0.25) is 0 Å². The fraction of sp³-hybridized carbons (Fsp3) is 0.238. The largest absolute Gasteiger partial charge is 0.370 e. The van der Waals surface area contributed by atoms with Gasteiger partial charge in [-0.25, -0.2) is 18.4 Å². The fourth-order valence-corrected chi connectivity index (χ4v) is 3.99. The van der Waals surface area contributed by atoms with Gasteiger partial charge in [-0.05, 0) is 50.6 Å². The number of aromatic nitrogens is 2. The maximum Gasteiger partial charge on any atom is 0.236 e. The smallest absolute Gasteiger partial charge is 0.236 e. The van der Waals surface area contributed by atoms with Gasteiger partial charge in [-0.15, -0.1) is 0 Å². The molecule has 0 atom stereocenters. The predicted octanol–water partition coefficient (Wildman–Crippen LogP) is 4.21. The van der Waals surface area contributed by atoms with Crippen molar-refractivity contribution >= 4 is 33.0 Å². The van der Waals surface area contributed by atoms with Gasteiger partial charge in [0, 0.05) is 24.0 Å². The lowest BCUT2D eigenvalue weighted by molar-refractivity contribution is 0.600. The van der Waals surface area contributed by atoms with Gasteiger partial charge in [-0.1, -0.05) is 29.8 Å². The zero-order chi connectivity index (χ0) is 20.9. The number of anilines is 4. The molecule has 0 saturated carbocycles. The topological polar surface area (TPSA) is 96.0 Å². The lowest BCUT2D eigenvalue weighted by atomic mass is 10.2. The first-order chi connectivity index (χ1) is 13.8. The van der Waals surface area contributed by atoms with E-state index < -0.39 is 10.0 Å². The lowest BCUT2D eigenvalue weighted by Gasteiger charge is -2.11. The summed E-state index contributed by atoms with van der Waals surface area (Å²) in [6, 6.07) is 16.3. The standard InChI is InChI=1S/C21H25N5O2S/c1-4-22-20-13-21(24-16(3)23-20)25-18-9-11-19(12-10-18)26-29(27,28)14-17-7-5-15(2)6-8-17/h5-13,26H,4,14H2,1-3H3,(H2,22,23,24,25). The van der Waals surface area contributed by atoms with Gasteiger partial charge in [0.25, 0.3) is 0 Å². The third-order valence-electron chi connectivity index (χ3n) is 4.10. The van der Waals surface area contributed by atoms with Gasteiger partial charge in [0.15, 0.2) is 0 Å². The van der Waals surface area contributed by atoms with Gasteiger partial charge in [0.1, 0.15) is 17.5 Å². The Morgan fingerprint density at radius 1 is 0.862 bits per heavy atom. The number of rotatable bonds is 8. The van der Waals surface area contributed by atoms with Gasteiger partial charge in [-0.3, -0.25) is 4.72 Å². The molecule has 0 radical (unpaired) electrons. The first-order valence-electron chi connectivity index (χ1n) is 9.35. The van der Waals surface area contributed by atoms with Crippen molar-refractivity contribution < 1.29 is 8.42 Å². The van der Waals surface area contributed by atoms with Crippen molar-refractivity contribution in [3.05, 3.63) is 71.5 Å². The summed E-state index contributed by atoms with van der Waals surface area (Å²) in [6.45, 7) is 6.57. The maximum absolute atomic E-state index is 12.4. The first kappa shape index (κ1) is 20.6. The maximum atomic E-state index is 12.4. The number of hydrogen-bond acceptors (Lipinski definition) is 6. The third kappa shape index (κ3) is 6.18. The SMILES string of the molecule is CCNc1cc(Nc2ccc(NS(=O)(=O)Cc3ccc(C)cc3)cc2)nc(C)n1. The van der Waals surface area contributed by atoms with E-state index >= 15 is 0 Å². The molecule has 0 fully saturated rings. The Bertz CT molecular complexity index is 1070. The zero-order valence-electron chi connectivity index (χ0n) is 16.7. The molecule has 8 heteroatoms. The van der Waals surface area contributed by atoms with E-state index in [-0.39, 0.29) is 5.75 Å². The minimum atomic E-state index is -3.49. The average Bonchev–Trinajstić information content (AvgIpc) is 2.65. The monoisotopic (exact) mass is 411 g/mol. The molecule has 0 aliphatic carbocycles.